The quantitative estimate of drug-likeness (QED) is 0.548. The molecule has 0 spiro atoms. The van der Waals surface area contributed by atoms with E-state index in [1.807, 2.05) is 26.0 Å². The summed E-state index contributed by atoms with van der Waals surface area (Å²) < 4.78 is 16.9. The Balaban J connectivity index is 0.000000861. The van der Waals surface area contributed by atoms with Crippen molar-refractivity contribution >= 4 is 18.2 Å². The molecule has 0 amide bonds. The second kappa shape index (κ2) is 8.48. The maximum Gasteiger partial charge on any atom is 0.123 e. The molecule has 0 atom stereocenters. The highest BCUT2D eigenvalue weighted by molar-refractivity contribution is 7.98. The van der Waals surface area contributed by atoms with Gasteiger partial charge in [0.2, 0.25) is 0 Å². The monoisotopic (exact) mass is 275 g/mol. The summed E-state index contributed by atoms with van der Waals surface area (Å²) in [5, 5.41) is 0. The number of rotatable bonds is 3. The third-order valence-corrected chi connectivity index (χ3v) is 2.94. The van der Waals surface area contributed by atoms with Gasteiger partial charge in [0.15, 0.2) is 0 Å². The minimum Gasteiger partial charge on any atom is -0.219 e. The third kappa shape index (κ3) is 5.71. The molecule has 0 bridgehead atoms. The minimum atomic E-state index is -0.228. The first kappa shape index (κ1) is 15.4. The smallest absolute Gasteiger partial charge is 0.123 e. The predicted octanol–water partition coefficient (Wildman–Crippen LogP) is 5.29. The Bertz CT molecular complexity index is 503. The molecule has 0 aliphatic heterocycles. The molecule has 19 heavy (non-hydrogen) atoms. The van der Waals surface area contributed by atoms with Gasteiger partial charge in [-0.25, -0.2) is 8.79 Å². The molecule has 0 N–H and O–H groups in total. The SMILES string of the molecule is CC.Cc1ccc(S/N=C/c2ccc(F)cc2)cc1. The summed E-state index contributed by atoms with van der Waals surface area (Å²) in [4.78, 5) is 1.09. The highest BCUT2D eigenvalue weighted by atomic mass is 32.2. The fourth-order valence-corrected chi connectivity index (χ4v) is 1.85. The van der Waals surface area contributed by atoms with Gasteiger partial charge in [-0.15, -0.1) is 0 Å². The normalized spacial score (nSPS) is 10.1. The van der Waals surface area contributed by atoms with Gasteiger partial charge in [-0.1, -0.05) is 43.7 Å². The van der Waals surface area contributed by atoms with Crippen LogP contribution in [0.25, 0.3) is 0 Å². The molecule has 0 saturated carbocycles. The van der Waals surface area contributed by atoms with Gasteiger partial charge in [0, 0.05) is 23.1 Å². The maximum absolute atomic E-state index is 12.7. The fraction of sp³-hybridized carbons (Fsp3) is 0.188. The largest absolute Gasteiger partial charge is 0.219 e. The van der Waals surface area contributed by atoms with E-state index in [1.165, 1.54) is 29.6 Å². The standard InChI is InChI=1S/C14H12FNS.C2H6/c1-11-2-8-14(9-3-11)17-16-10-12-4-6-13(15)7-5-12;1-2/h2-10H,1H3;1-2H3/b16-10+;. The molecule has 2 rings (SSSR count). The molecule has 0 radical (unpaired) electrons. The Kier molecular flexibility index (Phi) is 6.90. The summed E-state index contributed by atoms with van der Waals surface area (Å²) in [6.07, 6.45) is 1.73. The Morgan fingerprint density at radius 2 is 1.53 bits per heavy atom. The van der Waals surface area contributed by atoms with Crippen LogP contribution in [0.3, 0.4) is 0 Å². The van der Waals surface area contributed by atoms with E-state index in [2.05, 4.69) is 23.5 Å². The van der Waals surface area contributed by atoms with E-state index in [4.69, 9.17) is 0 Å². The van der Waals surface area contributed by atoms with E-state index in [9.17, 15) is 4.39 Å². The van der Waals surface area contributed by atoms with Crippen molar-refractivity contribution in [3.63, 3.8) is 0 Å². The molecule has 100 valence electrons. The Morgan fingerprint density at radius 1 is 0.947 bits per heavy atom. The average Bonchev–Trinajstić information content (AvgIpc) is 2.45. The lowest BCUT2D eigenvalue weighted by Gasteiger charge is -1.96. The van der Waals surface area contributed by atoms with Crippen molar-refractivity contribution in [3.8, 4) is 0 Å². The van der Waals surface area contributed by atoms with Crippen molar-refractivity contribution in [1.29, 1.82) is 0 Å². The van der Waals surface area contributed by atoms with Gasteiger partial charge in [-0.3, -0.25) is 0 Å². The van der Waals surface area contributed by atoms with Crippen molar-refractivity contribution < 1.29 is 4.39 Å². The van der Waals surface area contributed by atoms with Crippen LogP contribution in [0.1, 0.15) is 25.0 Å². The number of nitrogens with zero attached hydrogens (tertiary/aromatic N) is 1. The number of hydrogen-bond acceptors (Lipinski definition) is 2. The topological polar surface area (TPSA) is 12.4 Å². The fourth-order valence-electron chi connectivity index (χ4n) is 1.30. The van der Waals surface area contributed by atoms with Crippen LogP contribution in [-0.2, 0) is 0 Å². The molecule has 0 heterocycles. The van der Waals surface area contributed by atoms with Gasteiger partial charge in [0.25, 0.3) is 0 Å². The van der Waals surface area contributed by atoms with Crippen LogP contribution >= 0.6 is 11.9 Å². The molecule has 0 fully saturated rings. The van der Waals surface area contributed by atoms with Gasteiger partial charge in [0.1, 0.15) is 5.82 Å². The number of hydrogen-bond donors (Lipinski definition) is 0. The van der Waals surface area contributed by atoms with Gasteiger partial charge in [0.05, 0.1) is 0 Å². The molecule has 0 aromatic heterocycles. The van der Waals surface area contributed by atoms with Gasteiger partial charge in [-0.2, -0.15) is 0 Å². The van der Waals surface area contributed by atoms with Crippen LogP contribution in [0.5, 0.6) is 0 Å². The molecule has 0 unspecified atom stereocenters. The van der Waals surface area contributed by atoms with Crippen molar-refractivity contribution in [2.75, 3.05) is 0 Å². The van der Waals surface area contributed by atoms with Crippen LogP contribution in [0.4, 0.5) is 4.39 Å². The minimum absolute atomic E-state index is 0.228. The summed E-state index contributed by atoms with van der Waals surface area (Å²) >= 11 is 1.40. The van der Waals surface area contributed by atoms with Crippen molar-refractivity contribution in [1.82, 2.24) is 0 Å². The molecule has 2 aromatic rings. The molecular weight excluding hydrogens is 257 g/mol. The van der Waals surface area contributed by atoms with Crippen LogP contribution < -0.4 is 0 Å². The summed E-state index contributed by atoms with van der Waals surface area (Å²) in [5.41, 5.74) is 2.13. The highest BCUT2D eigenvalue weighted by Crippen LogP contribution is 2.19. The van der Waals surface area contributed by atoms with E-state index < -0.39 is 0 Å². The van der Waals surface area contributed by atoms with Crippen molar-refractivity contribution in [2.24, 2.45) is 4.40 Å². The third-order valence-electron chi connectivity index (χ3n) is 2.25. The molecule has 0 aliphatic carbocycles. The highest BCUT2D eigenvalue weighted by Gasteiger charge is 1.92. The van der Waals surface area contributed by atoms with Crippen molar-refractivity contribution in [3.05, 3.63) is 65.5 Å². The second-order valence-corrected chi connectivity index (χ2v) is 4.56. The van der Waals surface area contributed by atoms with E-state index in [0.717, 1.165) is 10.5 Å². The lowest BCUT2D eigenvalue weighted by atomic mass is 10.2. The average molecular weight is 275 g/mol. The van der Waals surface area contributed by atoms with Gasteiger partial charge in [-0.05, 0) is 36.8 Å². The van der Waals surface area contributed by atoms with Gasteiger partial charge < -0.3 is 0 Å². The summed E-state index contributed by atoms with van der Waals surface area (Å²) in [7, 11) is 0. The Labute approximate surface area is 118 Å². The second-order valence-electron chi connectivity index (χ2n) is 3.69. The number of benzene rings is 2. The lowest BCUT2D eigenvalue weighted by molar-refractivity contribution is 0.628. The van der Waals surface area contributed by atoms with E-state index in [1.54, 1.807) is 18.3 Å². The van der Waals surface area contributed by atoms with E-state index in [0.29, 0.717) is 0 Å². The van der Waals surface area contributed by atoms with Crippen LogP contribution in [0.15, 0.2) is 57.8 Å². The lowest BCUT2D eigenvalue weighted by Crippen LogP contribution is -1.80. The zero-order valence-electron chi connectivity index (χ0n) is 11.4. The Morgan fingerprint density at radius 3 is 2.11 bits per heavy atom. The summed E-state index contributed by atoms with van der Waals surface area (Å²) in [5.74, 6) is -0.228. The zero-order chi connectivity index (χ0) is 14.1. The van der Waals surface area contributed by atoms with Crippen LogP contribution in [0, 0.1) is 12.7 Å². The maximum atomic E-state index is 12.7. The summed E-state index contributed by atoms with van der Waals surface area (Å²) in [6.45, 7) is 6.05. The first-order chi connectivity index (χ1) is 9.24. The van der Waals surface area contributed by atoms with Crippen molar-refractivity contribution in [2.45, 2.75) is 25.7 Å². The van der Waals surface area contributed by atoms with E-state index >= 15 is 0 Å². The molecule has 1 nitrogen and oxygen atoms in total. The number of halogens is 1. The molecule has 2 aromatic carbocycles. The van der Waals surface area contributed by atoms with Crippen LogP contribution in [0.2, 0.25) is 0 Å². The van der Waals surface area contributed by atoms with E-state index in [-0.39, 0.29) is 5.82 Å². The first-order valence-electron chi connectivity index (χ1n) is 6.27. The number of aryl methyl sites for hydroxylation is 1. The van der Waals surface area contributed by atoms with Crippen LogP contribution in [-0.4, -0.2) is 6.21 Å². The molecule has 0 aliphatic rings. The molecule has 3 heteroatoms. The summed E-state index contributed by atoms with van der Waals surface area (Å²) in [6, 6.07) is 14.4. The molecular formula is C16H18FNS. The Hall–Kier alpha value is -1.61. The molecule has 0 saturated heterocycles. The first-order valence-corrected chi connectivity index (χ1v) is 7.04. The van der Waals surface area contributed by atoms with Gasteiger partial charge >= 0.3 is 0 Å². The zero-order valence-corrected chi connectivity index (χ0v) is 12.2. The predicted molar refractivity (Wildman–Crippen MR) is 82.4 cm³/mol.